The van der Waals surface area contributed by atoms with E-state index in [1.165, 1.54) is 10.8 Å². The topological polar surface area (TPSA) is 51.5 Å². The van der Waals surface area contributed by atoms with Crippen LogP contribution in [0.25, 0.3) is 10.9 Å². The molecule has 140 valence electrons. The molecule has 0 bridgehead atoms. The van der Waals surface area contributed by atoms with Gasteiger partial charge in [-0.2, -0.15) is 0 Å². The Morgan fingerprint density at radius 3 is 2.65 bits per heavy atom. The van der Waals surface area contributed by atoms with Gasteiger partial charge in [-0.25, -0.2) is 13.2 Å². The number of aryl methyl sites for hydroxylation is 1. The lowest BCUT2D eigenvalue weighted by Gasteiger charge is -2.35. The van der Waals surface area contributed by atoms with Crippen LogP contribution in [0.15, 0.2) is 17.1 Å². The number of hydrogen-bond donors (Lipinski definition) is 0. The van der Waals surface area contributed by atoms with E-state index in [9.17, 15) is 22.8 Å². The van der Waals surface area contributed by atoms with Gasteiger partial charge in [0.25, 0.3) is 5.91 Å². The molecule has 1 fully saturated rings. The number of benzene rings is 1. The van der Waals surface area contributed by atoms with Crippen molar-refractivity contribution in [2.75, 3.05) is 19.8 Å². The highest BCUT2D eigenvalue weighted by molar-refractivity contribution is 5.97. The molecule has 1 aromatic carbocycles. The Balaban J connectivity index is 2.21. The highest BCUT2D eigenvalue weighted by atomic mass is 19.2. The fourth-order valence-electron chi connectivity index (χ4n) is 3.28. The Labute approximate surface area is 148 Å². The van der Waals surface area contributed by atoms with Crippen LogP contribution in [-0.4, -0.2) is 41.2 Å². The van der Waals surface area contributed by atoms with E-state index in [0.717, 1.165) is 0 Å². The summed E-state index contributed by atoms with van der Waals surface area (Å²) in [7, 11) is 0. The molecule has 0 radical (unpaired) electrons. The zero-order valence-corrected chi connectivity index (χ0v) is 14.5. The number of rotatable bonds is 3. The first-order valence-electron chi connectivity index (χ1n) is 8.50. The Hall–Kier alpha value is -2.35. The lowest BCUT2D eigenvalue weighted by atomic mass is 10.1. The van der Waals surface area contributed by atoms with Gasteiger partial charge in [0, 0.05) is 19.3 Å². The second-order valence-electron chi connectivity index (χ2n) is 6.18. The number of aromatic nitrogens is 1. The number of hydrogen-bond acceptors (Lipinski definition) is 3. The third-order valence-electron chi connectivity index (χ3n) is 4.73. The van der Waals surface area contributed by atoms with E-state index in [-0.39, 0.29) is 29.1 Å². The van der Waals surface area contributed by atoms with Crippen molar-refractivity contribution < 1.29 is 22.7 Å². The van der Waals surface area contributed by atoms with Crippen molar-refractivity contribution in [2.45, 2.75) is 32.9 Å². The molecule has 0 spiro atoms. The smallest absolute Gasteiger partial charge is 0.259 e. The first kappa shape index (κ1) is 18.4. The van der Waals surface area contributed by atoms with Gasteiger partial charge in [0.15, 0.2) is 17.5 Å². The molecule has 8 heteroatoms. The van der Waals surface area contributed by atoms with Gasteiger partial charge in [0.2, 0.25) is 5.43 Å². The highest BCUT2D eigenvalue weighted by Gasteiger charge is 2.30. The Kier molecular flexibility index (Phi) is 5.04. The number of pyridine rings is 1. The van der Waals surface area contributed by atoms with Crippen LogP contribution in [0.2, 0.25) is 0 Å². The lowest BCUT2D eigenvalue weighted by molar-refractivity contribution is -0.00289. The van der Waals surface area contributed by atoms with Crippen molar-refractivity contribution >= 4 is 16.8 Å². The van der Waals surface area contributed by atoms with Crippen LogP contribution in [-0.2, 0) is 11.3 Å². The van der Waals surface area contributed by atoms with Crippen molar-refractivity contribution in [2.24, 2.45) is 0 Å². The fourth-order valence-corrected chi connectivity index (χ4v) is 3.28. The average molecular weight is 368 g/mol. The van der Waals surface area contributed by atoms with Crippen molar-refractivity contribution in [1.82, 2.24) is 9.47 Å². The van der Waals surface area contributed by atoms with Crippen LogP contribution in [0.5, 0.6) is 0 Å². The second-order valence-corrected chi connectivity index (χ2v) is 6.18. The Morgan fingerprint density at radius 1 is 1.27 bits per heavy atom. The van der Waals surface area contributed by atoms with Crippen LogP contribution < -0.4 is 5.43 Å². The Morgan fingerprint density at radius 2 is 2.00 bits per heavy atom. The van der Waals surface area contributed by atoms with Crippen LogP contribution in [0.4, 0.5) is 13.2 Å². The highest BCUT2D eigenvalue weighted by Crippen LogP contribution is 2.23. The lowest BCUT2D eigenvalue weighted by Crippen LogP contribution is -2.49. The van der Waals surface area contributed by atoms with Gasteiger partial charge in [-0.3, -0.25) is 9.59 Å². The van der Waals surface area contributed by atoms with Gasteiger partial charge in [-0.15, -0.1) is 0 Å². The normalized spacial score (nSPS) is 17.7. The van der Waals surface area contributed by atoms with Crippen molar-refractivity contribution in [3.05, 3.63) is 45.5 Å². The molecule has 0 aliphatic carbocycles. The number of ether oxygens (including phenoxy) is 1. The number of carbonyl (C=O) groups is 1. The summed E-state index contributed by atoms with van der Waals surface area (Å²) in [6.45, 7) is 4.78. The minimum atomic E-state index is -1.64. The minimum Gasteiger partial charge on any atom is -0.377 e. The van der Waals surface area contributed by atoms with Crippen molar-refractivity contribution in [3.8, 4) is 0 Å². The van der Waals surface area contributed by atoms with Gasteiger partial charge < -0.3 is 14.2 Å². The van der Waals surface area contributed by atoms with E-state index in [1.807, 2.05) is 6.92 Å². The maximum atomic E-state index is 14.2. The zero-order valence-electron chi connectivity index (χ0n) is 14.5. The maximum absolute atomic E-state index is 14.2. The van der Waals surface area contributed by atoms with Gasteiger partial charge in [0.05, 0.1) is 30.2 Å². The molecule has 3 rings (SSSR count). The summed E-state index contributed by atoms with van der Waals surface area (Å²) in [6.07, 6.45) is 1.87. The minimum absolute atomic E-state index is 0.178. The number of morpholine rings is 1. The van der Waals surface area contributed by atoms with Gasteiger partial charge >= 0.3 is 0 Å². The monoisotopic (exact) mass is 368 g/mol. The van der Waals surface area contributed by atoms with Crippen molar-refractivity contribution in [1.29, 1.82) is 0 Å². The first-order chi connectivity index (χ1) is 12.4. The second kappa shape index (κ2) is 7.11. The van der Waals surface area contributed by atoms with E-state index in [4.69, 9.17) is 4.74 Å². The first-order valence-corrected chi connectivity index (χ1v) is 8.50. The third-order valence-corrected chi connectivity index (χ3v) is 4.73. The average Bonchev–Trinajstić information content (AvgIpc) is 2.66. The predicted octanol–water partition coefficient (Wildman–Crippen LogP) is 2.69. The summed E-state index contributed by atoms with van der Waals surface area (Å²) in [5, 5.41) is -0.351. The van der Waals surface area contributed by atoms with E-state index >= 15 is 0 Å². The summed E-state index contributed by atoms with van der Waals surface area (Å²) in [6, 6.07) is 0.471. The van der Waals surface area contributed by atoms with Crippen LogP contribution in [0, 0.1) is 17.5 Å². The molecule has 2 aromatic rings. The number of amides is 1. The molecule has 1 aliphatic heterocycles. The number of halogens is 3. The number of nitrogens with zero attached hydrogens (tertiary/aromatic N) is 2. The molecule has 0 N–H and O–H groups in total. The zero-order chi connectivity index (χ0) is 19.0. The Bertz CT molecular complexity index is 926. The summed E-state index contributed by atoms with van der Waals surface area (Å²) in [4.78, 5) is 27.2. The van der Waals surface area contributed by atoms with E-state index in [1.54, 1.807) is 11.8 Å². The molecule has 1 saturated heterocycles. The molecule has 26 heavy (non-hydrogen) atoms. The predicted molar refractivity (Wildman–Crippen MR) is 89.7 cm³/mol. The summed E-state index contributed by atoms with van der Waals surface area (Å²) >= 11 is 0. The third kappa shape index (κ3) is 2.88. The molecule has 2 heterocycles. The molecule has 0 unspecified atom stereocenters. The fraction of sp³-hybridized carbons (Fsp3) is 0.444. The molecule has 0 saturated carbocycles. The molecular formula is C18H19F3N2O3. The molecule has 1 amide bonds. The quantitative estimate of drug-likeness (QED) is 0.783. The number of fused-ring (bicyclic) bond motifs is 1. The largest absolute Gasteiger partial charge is 0.377 e. The molecule has 5 nitrogen and oxygen atoms in total. The SMILES string of the molecule is CC[C@H]1COCCN1C(=O)c1cn(CC)c2c(F)c(F)c(F)cc2c1=O. The molecule has 1 aliphatic rings. The van der Waals surface area contributed by atoms with Crippen LogP contribution >= 0.6 is 0 Å². The molecular weight excluding hydrogens is 349 g/mol. The van der Waals surface area contributed by atoms with E-state index in [2.05, 4.69) is 0 Å². The van der Waals surface area contributed by atoms with Gasteiger partial charge in [-0.05, 0) is 19.4 Å². The summed E-state index contributed by atoms with van der Waals surface area (Å²) < 4.78 is 48.1. The van der Waals surface area contributed by atoms with Crippen molar-refractivity contribution in [3.63, 3.8) is 0 Å². The van der Waals surface area contributed by atoms with Crippen LogP contribution in [0.1, 0.15) is 30.6 Å². The number of carbonyl (C=O) groups excluding carboxylic acids is 1. The van der Waals surface area contributed by atoms with Gasteiger partial charge in [-0.1, -0.05) is 6.92 Å². The summed E-state index contributed by atoms with van der Waals surface area (Å²) in [5.74, 6) is -5.05. The van der Waals surface area contributed by atoms with Crippen LogP contribution in [0.3, 0.4) is 0 Å². The molecule has 1 atom stereocenters. The van der Waals surface area contributed by atoms with Gasteiger partial charge in [0.1, 0.15) is 5.56 Å². The van der Waals surface area contributed by atoms with E-state index < -0.39 is 28.8 Å². The van der Waals surface area contributed by atoms with E-state index in [0.29, 0.717) is 32.2 Å². The maximum Gasteiger partial charge on any atom is 0.259 e. The molecule has 1 aromatic heterocycles. The standard InChI is InChI=1S/C18H19F3N2O3/c1-3-10-9-26-6-5-23(10)18(25)12-8-22(4-2)16-11(17(12)24)7-13(19)14(20)15(16)21/h7-8,10H,3-6,9H2,1-2H3/t10-/m0/s1. The summed E-state index contributed by atoms with van der Waals surface area (Å²) in [5.41, 5.74) is -1.35.